The fourth-order valence-electron chi connectivity index (χ4n) is 4.47. The number of piperidine rings is 1. The highest BCUT2D eigenvalue weighted by Crippen LogP contribution is 2.40. The number of hydrogen-bond acceptors (Lipinski definition) is 3. The van der Waals surface area contributed by atoms with Gasteiger partial charge in [0.25, 0.3) is 0 Å². The Balaban J connectivity index is 1.58. The average molecular weight is 418 g/mol. The number of urea groups is 1. The van der Waals surface area contributed by atoms with Crippen molar-refractivity contribution in [1.29, 1.82) is 0 Å². The minimum atomic E-state index is -0.586. The molecule has 1 fully saturated rings. The molecule has 154 valence electrons. The molecule has 0 bridgehead atoms. The summed E-state index contributed by atoms with van der Waals surface area (Å²) in [7, 11) is 0. The van der Waals surface area contributed by atoms with Crippen LogP contribution in [0.1, 0.15) is 36.4 Å². The van der Waals surface area contributed by atoms with Gasteiger partial charge in [-0.25, -0.2) is 13.6 Å². The van der Waals surface area contributed by atoms with E-state index in [0.29, 0.717) is 12.1 Å². The van der Waals surface area contributed by atoms with E-state index >= 15 is 0 Å². The molecule has 1 aliphatic heterocycles. The number of carbonyl (C=O) groups is 1. The number of nitrogens with zero attached hydrogens (tertiary/aromatic N) is 1. The Morgan fingerprint density at radius 3 is 2.66 bits per heavy atom. The number of fused-ring (bicyclic) bond motifs is 1. The molecule has 0 spiro atoms. The summed E-state index contributed by atoms with van der Waals surface area (Å²) in [5, 5.41) is 3.12. The van der Waals surface area contributed by atoms with Gasteiger partial charge in [0.1, 0.15) is 11.6 Å². The molecule has 2 aromatic rings. The average Bonchev–Trinajstić information content (AvgIpc) is 3.12. The smallest absolute Gasteiger partial charge is 0.317 e. The number of aryl methyl sites for hydroxylation is 1. The van der Waals surface area contributed by atoms with Gasteiger partial charge >= 0.3 is 6.03 Å². The first-order valence-electron chi connectivity index (χ1n) is 9.98. The lowest BCUT2D eigenvalue weighted by Crippen LogP contribution is -2.50. The fraction of sp³-hybridized carbons (Fsp3) is 0.409. The molecule has 1 aliphatic carbocycles. The van der Waals surface area contributed by atoms with Gasteiger partial charge in [-0.3, -0.25) is 4.72 Å². The van der Waals surface area contributed by atoms with E-state index in [-0.39, 0.29) is 23.7 Å². The predicted octanol–water partition coefficient (Wildman–Crippen LogP) is 4.66. The fourth-order valence-corrected chi connectivity index (χ4v) is 4.99. The molecule has 0 saturated carbocycles. The number of benzene rings is 2. The summed E-state index contributed by atoms with van der Waals surface area (Å²) in [6.07, 6.45) is 5.50. The van der Waals surface area contributed by atoms with E-state index in [4.69, 9.17) is 0 Å². The zero-order valence-corrected chi connectivity index (χ0v) is 17.2. The predicted molar refractivity (Wildman–Crippen MR) is 113 cm³/mol. The van der Waals surface area contributed by atoms with Crippen LogP contribution in [0.15, 0.2) is 36.4 Å². The van der Waals surface area contributed by atoms with Crippen molar-refractivity contribution in [3.63, 3.8) is 0 Å². The van der Waals surface area contributed by atoms with Gasteiger partial charge in [-0.05, 0) is 60.8 Å². The molecular formula is C22H25F2N3OS. The third-order valence-corrected chi connectivity index (χ3v) is 6.34. The summed E-state index contributed by atoms with van der Waals surface area (Å²) >= 11 is 1.57. The minimum Gasteiger partial charge on any atom is -0.331 e. The number of rotatable bonds is 4. The van der Waals surface area contributed by atoms with Crippen LogP contribution in [0.3, 0.4) is 0 Å². The lowest BCUT2D eigenvalue weighted by Gasteiger charge is -2.33. The standard InChI is InChI=1S/C22H25F2N3OS/c1-29-26-15-6-4-12-27(13-15)22(28)25-19-11-10-14-5-2-7-16(20(14)19)21-17(23)8-3-9-18(21)24/h2-3,5,7-9,15,19,26H,4,6,10-13H2,1H3,(H,25,28)/t15-,19+/m0/s1. The van der Waals surface area contributed by atoms with E-state index < -0.39 is 11.6 Å². The Labute approximate surface area is 174 Å². The van der Waals surface area contributed by atoms with Crippen LogP contribution in [-0.2, 0) is 6.42 Å². The molecule has 2 amide bonds. The molecular weight excluding hydrogens is 392 g/mol. The van der Waals surface area contributed by atoms with Crippen LogP contribution in [0.5, 0.6) is 0 Å². The minimum absolute atomic E-state index is 0.0206. The van der Waals surface area contributed by atoms with E-state index in [2.05, 4.69) is 10.0 Å². The van der Waals surface area contributed by atoms with Crippen LogP contribution >= 0.6 is 11.9 Å². The van der Waals surface area contributed by atoms with Crippen molar-refractivity contribution < 1.29 is 13.6 Å². The molecule has 0 aromatic heterocycles. The lowest BCUT2D eigenvalue weighted by molar-refractivity contribution is 0.174. The van der Waals surface area contributed by atoms with Crippen LogP contribution in [0.25, 0.3) is 11.1 Å². The Morgan fingerprint density at radius 1 is 1.14 bits per heavy atom. The molecule has 4 rings (SSSR count). The Morgan fingerprint density at radius 2 is 1.90 bits per heavy atom. The van der Waals surface area contributed by atoms with Gasteiger partial charge in [-0.2, -0.15) is 0 Å². The Bertz CT molecular complexity index is 885. The van der Waals surface area contributed by atoms with Crippen molar-refractivity contribution in [2.24, 2.45) is 0 Å². The highest BCUT2D eigenvalue weighted by molar-refractivity contribution is 7.96. The number of carbonyl (C=O) groups excluding carboxylic acids is 1. The zero-order valence-electron chi connectivity index (χ0n) is 16.4. The highest BCUT2D eigenvalue weighted by Gasteiger charge is 2.31. The molecule has 1 saturated heterocycles. The van der Waals surface area contributed by atoms with Gasteiger partial charge in [0, 0.05) is 19.1 Å². The molecule has 4 nitrogen and oxygen atoms in total. The van der Waals surface area contributed by atoms with E-state index in [9.17, 15) is 13.6 Å². The van der Waals surface area contributed by atoms with E-state index in [1.54, 1.807) is 18.0 Å². The number of hydrogen-bond donors (Lipinski definition) is 2. The van der Waals surface area contributed by atoms with Gasteiger partial charge in [0.15, 0.2) is 0 Å². The maximum Gasteiger partial charge on any atom is 0.317 e. The molecule has 2 atom stereocenters. The molecule has 0 radical (unpaired) electrons. The highest BCUT2D eigenvalue weighted by atomic mass is 32.2. The van der Waals surface area contributed by atoms with E-state index in [1.165, 1.54) is 18.2 Å². The first-order chi connectivity index (χ1) is 14.1. The second-order valence-corrected chi connectivity index (χ2v) is 8.27. The third kappa shape index (κ3) is 4.12. The van der Waals surface area contributed by atoms with Crippen LogP contribution in [0.2, 0.25) is 0 Å². The molecule has 2 aliphatic rings. The second-order valence-electron chi connectivity index (χ2n) is 7.62. The SMILES string of the molecule is CSN[C@H]1CCCN(C(=O)N[C@@H]2CCc3cccc(-c4c(F)cccc4F)c32)C1. The van der Waals surface area contributed by atoms with Crippen molar-refractivity contribution in [3.05, 3.63) is 59.2 Å². The topological polar surface area (TPSA) is 44.4 Å². The summed E-state index contributed by atoms with van der Waals surface area (Å²) in [5.41, 5.74) is 2.38. The monoisotopic (exact) mass is 417 g/mol. The summed E-state index contributed by atoms with van der Waals surface area (Å²) in [6.45, 7) is 1.39. The molecule has 29 heavy (non-hydrogen) atoms. The molecule has 7 heteroatoms. The number of nitrogens with one attached hydrogen (secondary N) is 2. The lowest BCUT2D eigenvalue weighted by atomic mass is 9.94. The second kappa shape index (κ2) is 8.71. The van der Waals surface area contributed by atoms with Crippen molar-refractivity contribution in [3.8, 4) is 11.1 Å². The maximum absolute atomic E-state index is 14.5. The number of likely N-dealkylation sites (tertiary alicyclic amines) is 1. The first kappa shape index (κ1) is 20.2. The third-order valence-electron chi connectivity index (χ3n) is 5.77. The van der Waals surface area contributed by atoms with Crippen molar-refractivity contribution in [1.82, 2.24) is 14.9 Å². The molecule has 1 heterocycles. The quantitative estimate of drug-likeness (QED) is 0.711. The normalized spacial score (nSPS) is 21.1. The van der Waals surface area contributed by atoms with Crippen molar-refractivity contribution in [2.75, 3.05) is 19.3 Å². The molecule has 0 unspecified atom stereocenters. The van der Waals surface area contributed by atoms with Crippen LogP contribution in [-0.4, -0.2) is 36.3 Å². The zero-order chi connectivity index (χ0) is 20.4. The summed E-state index contributed by atoms with van der Waals surface area (Å²) in [4.78, 5) is 14.8. The van der Waals surface area contributed by atoms with E-state index in [1.807, 2.05) is 23.3 Å². The number of halogens is 2. The largest absolute Gasteiger partial charge is 0.331 e. The van der Waals surface area contributed by atoms with E-state index in [0.717, 1.165) is 43.4 Å². The van der Waals surface area contributed by atoms with Crippen molar-refractivity contribution >= 4 is 18.0 Å². The number of amides is 2. The maximum atomic E-state index is 14.5. The van der Waals surface area contributed by atoms with Crippen LogP contribution in [0, 0.1) is 11.6 Å². The van der Waals surface area contributed by atoms with Gasteiger partial charge in [0.2, 0.25) is 0 Å². The first-order valence-corrected chi connectivity index (χ1v) is 11.2. The Hall–Kier alpha value is -2.12. The van der Waals surface area contributed by atoms with Gasteiger partial charge in [0.05, 0.1) is 11.6 Å². The Kier molecular flexibility index (Phi) is 6.06. The van der Waals surface area contributed by atoms with Crippen LogP contribution < -0.4 is 10.0 Å². The summed E-state index contributed by atoms with van der Waals surface area (Å²) < 4.78 is 32.2. The summed E-state index contributed by atoms with van der Waals surface area (Å²) in [6, 6.07) is 9.37. The van der Waals surface area contributed by atoms with Gasteiger partial charge in [-0.15, -0.1) is 0 Å². The van der Waals surface area contributed by atoms with Crippen molar-refractivity contribution in [2.45, 2.75) is 37.8 Å². The summed E-state index contributed by atoms with van der Waals surface area (Å²) in [5.74, 6) is -1.17. The molecule has 2 aromatic carbocycles. The van der Waals surface area contributed by atoms with Gasteiger partial charge < -0.3 is 10.2 Å². The van der Waals surface area contributed by atoms with Gasteiger partial charge in [-0.1, -0.05) is 36.2 Å². The molecule has 2 N–H and O–H groups in total. The van der Waals surface area contributed by atoms with Crippen LogP contribution in [0.4, 0.5) is 13.6 Å².